The van der Waals surface area contributed by atoms with E-state index in [1.807, 2.05) is 13.8 Å². The van der Waals surface area contributed by atoms with Crippen molar-refractivity contribution in [2.24, 2.45) is 17.8 Å². The highest BCUT2D eigenvalue weighted by Gasteiger charge is 2.48. The second kappa shape index (κ2) is 5.85. The molecule has 1 N–H and O–H groups in total. The van der Waals surface area contributed by atoms with Crippen LogP contribution >= 0.6 is 0 Å². The Morgan fingerprint density at radius 2 is 2.12 bits per heavy atom. The average molecular weight is 242 g/mol. The summed E-state index contributed by atoms with van der Waals surface area (Å²) in [5.74, 6) is 0.127. The van der Waals surface area contributed by atoms with E-state index < -0.39 is 11.6 Å². The van der Waals surface area contributed by atoms with Crippen LogP contribution in [0.15, 0.2) is 0 Å². The second-order valence-corrected chi connectivity index (χ2v) is 5.61. The van der Waals surface area contributed by atoms with Crippen LogP contribution in [0.5, 0.6) is 0 Å². The SMILES string of the molecule is CCC1CCCC(C(O)(C(=O)OC)C(C)C)C1. The van der Waals surface area contributed by atoms with Crippen molar-refractivity contribution in [2.75, 3.05) is 7.11 Å². The van der Waals surface area contributed by atoms with Crippen molar-refractivity contribution < 1.29 is 14.6 Å². The van der Waals surface area contributed by atoms with Crippen molar-refractivity contribution >= 4 is 5.97 Å². The lowest BCUT2D eigenvalue weighted by Gasteiger charge is -2.41. The van der Waals surface area contributed by atoms with E-state index in [2.05, 4.69) is 6.92 Å². The van der Waals surface area contributed by atoms with E-state index in [9.17, 15) is 9.90 Å². The fourth-order valence-electron chi connectivity index (χ4n) is 3.10. The summed E-state index contributed by atoms with van der Waals surface area (Å²) in [7, 11) is 1.36. The van der Waals surface area contributed by atoms with E-state index in [0.29, 0.717) is 5.92 Å². The molecule has 100 valence electrons. The van der Waals surface area contributed by atoms with Gasteiger partial charge in [-0.2, -0.15) is 0 Å². The Morgan fingerprint density at radius 3 is 2.59 bits per heavy atom. The molecule has 1 rings (SSSR count). The Hall–Kier alpha value is -0.570. The first-order valence-electron chi connectivity index (χ1n) is 6.77. The van der Waals surface area contributed by atoms with Crippen LogP contribution in [0.2, 0.25) is 0 Å². The van der Waals surface area contributed by atoms with Gasteiger partial charge in [0.15, 0.2) is 5.60 Å². The molecule has 17 heavy (non-hydrogen) atoms. The van der Waals surface area contributed by atoms with Gasteiger partial charge in [0, 0.05) is 0 Å². The van der Waals surface area contributed by atoms with Gasteiger partial charge in [0.25, 0.3) is 0 Å². The van der Waals surface area contributed by atoms with Gasteiger partial charge in [-0.25, -0.2) is 4.79 Å². The number of hydrogen-bond acceptors (Lipinski definition) is 3. The maximum atomic E-state index is 11.9. The quantitative estimate of drug-likeness (QED) is 0.771. The first-order chi connectivity index (χ1) is 7.96. The molecule has 0 bridgehead atoms. The van der Waals surface area contributed by atoms with Gasteiger partial charge in [-0.1, -0.05) is 40.0 Å². The third-order valence-electron chi connectivity index (χ3n) is 4.38. The van der Waals surface area contributed by atoms with Crippen molar-refractivity contribution in [2.45, 2.75) is 58.5 Å². The lowest BCUT2D eigenvalue weighted by Crippen LogP contribution is -2.52. The van der Waals surface area contributed by atoms with Crippen molar-refractivity contribution in [3.63, 3.8) is 0 Å². The van der Waals surface area contributed by atoms with E-state index in [1.165, 1.54) is 13.5 Å². The van der Waals surface area contributed by atoms with Crippen LogP contribution in [0.4, 0.5) is 0 Å². The third-order valence-corrected chi connectivity index (χ3v) is 4.38. The minimum absolute atomic E-state index is 0.0497. The maximum Gasteiger partial charge on any atom is 0.338 e. The Balaban J connectivity index is 2.87. The molecule has 0 aromatic heterocycles. The van der Waals surface area contributed by atoms with Crippen LogP contribution in [-0.4, -0.2) is 23.8 Å². The molecule has 0 radical (unpaired) electrons. The van der Waals surface area contributed by atoms with E-state index in [4.69, 9.17) is 4.74 Å². The van der Waals surface area contributed by atoms with Gasteiger partial charge in [-0.3, -0.25) is 0 Å². The molecule has 1 saturated carbocycles. The molecule has 1 aliphatic rings. The molecule has 0 spiro atoms. The topological polar surface area (TPSA) is 46.5 Å². The molecular weight excluding hydrogens is 216 g/mol. The molecule has 0 aliphatic heterocycles. The van der Waals surface area contributed by atoms with Crippen LogP contribution in [-0.2, 0) is 9.53 Å². The molecular formula is C14H26O3. The molecule has 0 saturated heterocycles. The molecule has 0 amide bonds. The Bertz CT molecular complexity index is 262. The zero-order valence-electron chi connectivity index (χ0n) is 11.5. The van der Waals surface area contributed by atoms with Crippen LogP contribution in [0.3, 0.4) is 0 Å². The van der Waals surface area contributed by atoms with Crippen molar-refractivity contribution in [3.05, 3.63) is 0 Å². The standard InChI is InChI=1S/C14H26O3/c1-5-11-7-6-8-12(9-11)14(16,10(2)3)13(15)17-4/h10-12,16H,5-9H2,1-4H3. The van der Waals surface area contributed by atoms with Crippen molar-refractivity contribution in [3.8, 4) is 0 Å². The second-order valence-electron chi connectivity index (χ2n) is 5.61. The fourth-order valence-corrected chi connectivity index (χ4v) is 3.10. The Morgan fingerprint density at radius 1 is 1.47 bits per heavy atom. The number of rotatable bonds is 4. The van der Waals surface area contributed by atoms with E-state index in [-0.39, 0.29) is 11.8 Å². The van der Waals surface area contributed by atoms with Crippen LogP contribution in [0.25, 0.3) is 0 Å². The van der Waals surface area contributed by atoms with E-state index in [1.54, 1.807) is 0 Å². The van der Waals surface area contributed by atoms with Crippen molar-refractivity contribution in [1.82, 2.24) is 0 Å². The predicted molar refractivity (Wildman–Crippen MR) is 67.5 cm³/mol. The number of aliphatic hydroxyl groups is 1. The third kappa shape index (κ3) is 2.82. The van der Waals surface area contributed by atoms with Gasteiger partial charge >= 0.3 is 5.97 Å². The smallest absolute Gasteiger partial charge is 0.338 e. The van der Waals surface area contributed by atoms with Gasteiger partial charge in [0.05, 0.1) is 7.11 Å². The van der Waals surface area contributed by atoms with Crippen LogP contribution in [0.1, 0.15) is 52.9 Å². The molecule has 1 fully saturated rings. The summed E-state index contributed by atoms with van der Waals surface area (Å²) in [5, 5.41) is 10.7. The normalized spacial score (nSPS) is 28.8. The lowest BCUT2D eigenvalue weighted by atomic mass is 9.68. The first kappa shape index (κ1) is 14.5. The highest BCUT2D eigenvalue weighted by atomic mass is 16.5. The summed E-state index contributed by atoms with van der Waals surface area (Å²) in [6.07, 6.45) is 5.34. The van der Waals surface area contributed by atoms with E-state index in [0.717, 1.165) is 25.7 Å². The number of methoxy groups -OCH3 is 1. The molecule has 3 nitrogen and oxygen atoms in total. The van der Waals surface area contributed by atoms with Gasteiger partial charge in [0.1, 0.15) is 0 Å². The number of carbonyl (C=O) groups is 1. The Kier molecular flexibility index (Phi) is 4.99. The van der Waals surface area contributed by atoms with Crippen LogP contribution < -0.4 is 0 Å². The summed E-state index contributed by atoms with van der Waals surface area (Å²) in [4.78, 5) is 11.9. The summed E-state index contributed by atoms with van der Waals surface area (Å²) < 4.78 is 4.81. The summed E-state index contributed by atoms with van der Waals surface area (Å²) >= 11 is 0. The molecule has 3 atom stereocenters. The Labute approximate surface area is 105 Å². The van der Waals surface area contributed by atoms with Gasteiger partial charge in [-0.15, -0.1) is 0 Å². The highest BCUT2D eigenvalue weighted by Crippen LogP contribution is 2.41. The minimum atomic E-state index is -1.30. The number of ether oxygens (including phenoxy) is 1. The molecule has 1 aliphatic carbocycles. The van der Waals surface area contributed by atoms with Crippen molar-refractivity contribution in [1.29, 1.82) is 0 Å². The largest absolute Gasteiger partial charge is 0.467 e. The number of esters is 1. The predicted octanol–water partition coefficient (Wildman–Crippen LogP) is 2.76. The molecule has 0 heterocycles. The van der Waals surface area contributed by atoms with Gasteiger partial charge < -0.3 is 9.84 Å². The first-order valence-corrected chi connectivity index (χ1v) is 6.77. The zero-order valence-corrected chi connectivity index (χ0v) is 11.5. The summed E-state index contributed by atoms with van der Waals surface area (Å²) in [5.41, 5.74) is -1.30. The summed E-state index contributed by atoms with van der Waals surface area (Å²) in [6, 6.07) is 0. The number of hydrogen-bond donors (Lipinski definition) is 1. The maximum absolute atomic E-state index is 11.9. The summed E-state index contributed by atoms with van der Waals surface area (Å²) in [6.45, 7) is 5.97. The van der Waals surface area contributed by atoms with Gasteiger partial charge in [-0.05, 0) is 30.6 Å². The molecule has 0 aromatic carbocycles. The number of carbonyl (C=O) groups excluding carboxylic acids is 1. The van der Waals surface area contributed by atoms with E-state index >= 15 is 0 Å². The minimum Gasteiger partial charge on any atom is -0.467 e. The average Bonchev–Trinajstić information content (AvgIpc) is 2.36. The zero-order chi connectivity index (χ0) is 13.1. The van der Waals surface area contributed by atoms with Gasteiger partial charge in [0.2, 0.25) is 0 Å². The lowest BCUT2D eigenvalue weighted by molar-refractivity contribution is -0.178. The fraction of sp³-hybridized carbons (Fsp3) is 0.929. The van der Waals surface area contributed by atoms with Crippen LogP contribution in [0, 0.1) is 17.8 Å². The molecule has 0 aromatic rings. The highest BCUT2D eigenvalue weighted by molar-refractivity contribution is 5.80. The molecule has 3 heteroatoms. The monoisotopic (exact) mass is 242 g/mol. The molecule has 3 unspecified atom stereocenters.